The van der Waals surface area contributed by atoms with Gasteiger partial charge in [0, 0.05) is 34.2 Å². The molecule has 0 radical (unpaired) electrons. The zero-order valence-electron chi connectivity index (χ0n) is 11.6. The quantitative estimate of drug-likeness (QED) is 0.784. The maximum absolute atomic E-state index is 12.4. The Morgan fingerprint density at radius 2 is 2.20 bits per heavy atom. The summed E-state index contributed by atoms with van der Waals surface area (Å²) < 4.78 is 0.893. The topological polar surface area (TPSA) is 65.1 Å². The lowest BCUT2D eigenvalue weighted by Gasteiger charge is -2.21. The van der Waals surface area contributed by atoms with E-state index in [4.69, 9.17) is 5.11 Å². The van der Waals surface area contributed by atoms with Crippen molar-refractivity contribution in [1.82, 2.24) is 10.3 Å². The molecule has 0 saturated heterocycles. The number of aliphatic hydroxyl groups is 1. The zero-order chi connectivity index (χ0) is 14.7. The van der Waals surface area contributed by atoms with E-state index in [-0.39, 0.29) is 24.5 Å². The van der Waals surface area contributed by atoms with E-state index in [0.29, 0.717) is 12.0 Å². The number of H-pyrrole nitrogens is 1. The van der Waals surface area contributed by atoms with Crippen LogP contribution in [0.5, 0.6) is 0 Å². The molecule has 108 valence electrons. The number of rotatable bonds is 5. The number of nitrogens with one attached hydrogen (secondary N) is 2. The van der Waals surface area contributed by atoms with Crippen molar-refractivity contribution >= 4 is 32.7 Å². The van der Waals surface area contributed by atoms with E-state index in [2.05, 4.69) is 26.2 Å². The summed E-state index contributed by atoms with van der Waals surface area (Å²) in [5, 5.41) is 13.0. The molecule has 5 heteroatoms. The van der Waals surface area contributed by atoms with E-state index in [0.717, 1.165) is 15.4 Å². The largest absolute Gasteiger partial charge is 0.396 e. The summed E-state index contributed by atoms with van der Waals surface area (Å²) in [6.07, 6.45) is 2.29. The van der Waals surface area contributed by atoms with Gasteiger partial charge in [0.15, 0.2) is 0 Å². The molecule has 3 N–H and O–H groups in total. The number of amides is 1. The second-order valence-corrected chi connectivity index (χ2v) is 6.06. The first kappa shape index (κ1) is 15.1. The molecule has 2 aromatic rings. The number of carbonyl (C=O) groups excluding carboxylic acids is 1. The lowest BCUT2D eigenvalue weighted by atomic mass is 10.0. The van der Waals surface area contributed by atoms with Crippen LogP contribution < -0.4 is 5.32 Å². The Balaban J connectivity index is 2.27. The number of fused-ring (bicyclic) bond motifs is 1. The Kier molecular flexibility index (Phi) is 4.83. The van der Waals surface area contributed by atoms with E-state index in [1.807, 2.05) is 32.0 Å². The van der Waals surface area contributed by atoms with Crippen LogP contribution in [0.25, 0.3) is 10.9 Å². The van der Waals surface area contributed by atoms with Crippen molar-refractivity contribution in [2.45, 2.75) is 26.3 Å². The third-order valence-corrected chi connectivity index (χ3v) is 4.12. The number of aliphatic hydroxyl groups excluding tert-OH is 1. The predicted molar refractivity (Wildman–Crippen MR) is 83.8 cm³/mol. The Hall–Kier alpha value is -1.33. The standard InChI is InChI=1S/C15H19BrN2O2/c1-9(2)12(6-7-19)18-15(20)10-8-17-13-5-3-4-11(16)14(10)13/h3-5,8-9,12,17,19H,6-7H2,1-2H3,(H,18,20). The summed E-state index contributed by atoms with van der Waals surface area (Å²) in [5.41, 5.74) is 1.55. The Morgan fingerprint density at radius 1 is 1.45 bits per heavy atom. The van der Waals surface area contributed by atoms with Gasteiger partial charge in [0.2, 0.25) is 0 Å². The van der Waals surface area contributed by atoms with Crippen molar-refractivity contribution in [2.24, 2.45) is 5.92 Å². The van der Waals surface area contributed by atoms with E-state index in [9.17, 15) is 4.79 Å². The first-order valence-electron chi connectivity index (χ1n) is 6.72. The molecule has 20 heavy (non-hydrogen) atoms. The van der Waals surface area contributed by atoms with Crippen molar-refractivity contribution < 1.29 is 9.90 Å². The van der Waals surface area contributed by atoms with E-state index < -0.39 is 0 Å². The molecule has 1 unspecified atom stereocenters. The van der Waals surface area contributed by atoms with Crippen LogP contribution in [0.3, 0.4) is 0 Å². The van der Waals surface area contributed by atoms with Gasteiger partial charge in [0.25, 0.3) is 5.91 Å². The van der Waals surface area contributed by atoms with E-state index in [1.165, 1.54) is 0 Å². The minimum absolute atomic E-state index is 0.0278. The average Bonchev–Trinajstić information content (AvgIpc) is 2.83. The lowest BCUT2D eigenvalue weighted by molar-refractivity contribution is 0.0918. The normalized spacial score (nSPS) is 12.8. The number of aromatic nitrogens is 1. The highest BCUT2D eigenvalue weighted by Crippen LogP contribution is 2.27. The number of benzene rings is 1. The van der Waals surface area contributed by atoms with Gasteiger partial charge >= 0.3 is 0 Å². The van der Waals surface area contributed by atoms with Gasteiger partial charge in [-0.1, -0.05) is 35.8 Å². The maximum atomic E-state index is 12.4. The van der Waals surface area contributed by atoms with Gasteiger partial charge < -0.3 is 15.4 Å². The first-order chi connectivity index (χ1) is 9.54. The van der Waals surface area contributed by atoms with Crippen LogP contribution in [0.15, 0.2) is 28.9 Å². The van der Waals surface area contributed by atoms with Crippen LogP contribution in [0.2, 0.25) is 0 Å². The molecule has 1 aromatic carbocycles. The summed E-state index contributed by atoms with van der Waals surface area (Å²) in [6, 6.07) is 5.75. The van der Waals surface area contributed by atoms with Gasteiger partial charge in [-0.15, -0.1) is 0 Å². The summed E-state index contributed by atoms with van der Waals surface area (Å²) in [7, 11) is 0. The molecule has 0 fully saturated rings. The van der Waals surface area contributed by atoms with Crippen LogP contribution >= 0.6 is 15.9 Å². The molecule has 0 saturated carbocycles. The highest BCUT2D eigenvalue weighted by Gasteiger charge is 2.19. The average molecular weight is 339 g/mol. The van der Waals surface area contributed by atoms with Crippen molar-refractivity contribution in [3.05, 3.63) is 34.4 Å². The molecule has 4 nitrogen and oxygen atoms in total. The molecular formula is C15H19BrN2O2. The third-order valence-electron chi connectivity index (χ3n) is 3.46. The number of hydrogen-bond donors (Lipinski definition) is 3. The first-order valence-corrected chi connectivity index (χ1v) is 7.51. The van der Waals surface area contributed by atoms with Gasteiger partial charge in [0.1, 0.15) is 0 Å². The molecule has 0 aliphatic carbocycles. The molecule has 0 bridgehead atoms. The number of halogens is 1. The van der Waals surface area contributed by atoms with Crippen LogP contribution in [0.1, 0.15) is 30.6 Å². The molecule has 1 atom stereocenters. The fourth-order valence-corrected chi connectivity index (χ4v) is 2.86. The smallest absolute Gasteiger partial charge is 0.253 e. The summed E-state index contributed by atoms with van der Waals surface area (Å²) in [4.78, 5) is 15.5. The van der Waals surface area contributed by atoms with Crippen LogP contribution in [0.4, 0.5) is 0 Å². The van der Waals surface area contributed by atoms with Crippen molar-refractivity contribution in [3.8, 4) is 0 Å². The third kappa shape index (κ3) is 3.04. The van der Waals surface area contributed by atoms with Gasteiger partial charge in [-0.2, -0.15) is 0 Å². The van der Waals surface area contributed by atoms with Crippen LogP contribution in [0, 0.1) is 5.92 Å². The van der Waals surface area contributed by atoms with Gasteiger partial charge in [-0.3, -0.25) is 4.79 Å². The fourth-order valence-electron chi connectivity index (χ4n) is 2.28. The Labute approximate surface area is 126 Å². The fraction of sp³-hybridized carbons (Fsp3) is 0.400. The second-order valence-electron chi connectivity index (χ2n) is 5.20. The van der Waals surface area contributed by atoms with Gasteiger partial charge in [0.05, 0.1) is 5.56 Å². The molecule has 1 amide bonds. The van der Waals surface area contributed by atoms with Crippen molar-refractivity contribution in [3.63, 3.8) is 0 Å². The maximum Gasteiger partial charge on any atom is 0.253 e. The highest BCUT2D eigenvalue weighted by atomic mass is 79.9. The number of aromatic amines is 1. The van der Waals surface area contributed by atoms with Crippen molar-refractivity contribution in [2.75, 3.05) is 6.61 Å². The monoisotopic (exact) mass is 338 g/mol. The molecule has 1 heterocycles. The molecule has 0 spiro atoms. The minimum Gasteiger partial charge on any atom is -0.396 e. The molecule has 0 aliphatic rings. The SMILES string of the molecule is CC(C)C(CCO)NC(=O)c1c[nH]c2cccc(Br)c12. The van der Waals surface area contributed by atoms with Crippen molar-refractivity contribution in [1.29, 1.82) is 0 Å². The molecule has 0 aliphatic heterocycles. The zero-order valence-corrected chi connectivity index (χ0v) is 13.2. The van der Waals surface area contributed by atoms with Crippen LogP contribution in [-0.2, 0) is 0 Å². The Bertz CT molecular complexity index is 607. The Morgan fingerprint density at radius 3 is 2.85 bits per heavy atom. The summed E-state index contributed by atoms with van der Waals surface area (Å²) in [6.45, 7) is 4.14. The molecule has 1 aromatic heterocycles. The molecular weight excluding hydrogens is 320 g/mol. The van der Waals surface area contributed by atoms with E-state index in [1.54, 1.807) is 6.20 Å². The van der Waals surface area contributed by atoms with Gasteiger partial charge in [-0.05, 0) is 24.5 Å². The van der Waals surface area contributed by atoms with Crippen LogP contribution in [-0.4, -0.2) is 28.6 Å². The van der Waals surface area contributed by atoms with Gasteiger partial charge in [-0.25, -0.2) is 0 Å². The summed E-state index contributed by atoms with van der Waals surface area (Å²) >= 11 is 3.48. The van der Waals surface area contributed by atoms with E-state index >= 15 is 0 Å². The summed E-state index contributed by atoms with van der Waals surface area (Å²) in [5.74, 6) is 0.162. The number of carbonyl (C=O) groups is 1. The number of hydrogen-bond acceptors (Lipinski definition) is 2. The predicted octanol–water partition coefficient (Wildman–Crippen LogP) is 3.07. The highest BCUT2D eigenvalue weighted by molar-refractivity contribution is 9.10. The lowest BCUT2D eigenvalue weighted by Crippen LogP contribution is -2.39. The molecule has 2 rings (SSSR count). The second kappa shape index (κ2) is 6.41. The minimum atomic E-state index is -0.115.